The maximum absolute atomic E-state index is 5.95. The molecule has 0 fully saturated rings. The lowest BCUT2D eigenvalue weighted by molar-refractivity contribution is 0.128. The van der Waals surface area contributed by atoms with Crippen molar-refractivity contribution in [3.05, 3.63) is 46.9 Å². The second-order valence-corrected chi connectivity index (χ2v) is 4.34. The first-order valence-corrected chi connectivity index (χ1v) is 6.41. The number of hydrogen-bond donors (Lipinski definition) is 0. The summed E-state index contributed by atoms with van der Waals surface area (Å²) in [6, 6.07) is 9.30. The van der Waals surface area contributed by atoms with Crippen LogP contribution in [-0.2, 0) is 11.3 Å². The molecule has 0 spiro atoms. The predicted molar refractivity (Wildman–Crippen MR) is 73.6 cm³/mol. The molecule has 0 unspecified atom stereocenters. The first-order chi connectivity index (χ1) is 9.19. The molecule has 0 N–H and O–H groups in total. The minimum Gasteiger partial charge on any atom is -0.439 e. The van der Waals surface area contributed by atoms with Gasteiger partial charge >= 0.3 is 0 Å². The molecule has 100 valence electrons. The topological polar surface area (TPSA) is 44.2 Å². The summed E-state index contributed by atoms with van der Waals surface area (Å²) in [5, 5.41) is 0.341. The molecule has 19 heavy (non-hydrogen) atoms. The Balaban J connectivity index is 2.20. The molecule has 0 aliphatic heterocycles. The van der Waals surface area contributed by atoms with E-state index in [1.807, 2.05) is 38.1 Å². The van der Waals surface area contributed by atoms with Crippen molar-refractivity contribution < 1.29 is 9.47 Å². The number of ether oxygens (including phenoxy) is 2. The lowest BCUT2D eigenvalue weighted by Crippen LogP contribution is -2.01. The molecule has 1 aromatic heterocycles. The summed E-state index contributed by atoms with van der Waals surface area (Å²) in [5.74, 6) is 1.68. The Kier molecular flexibility index (Phi) is 4.71. The Hall–Kier alpha value is -1.65. The Morgan fingerprint density at radius 3 is 2.74 bits per heavy atom. The van der Waals surface area contributed by atoms with Crippen LogP contribution in [0.15, 0.2) is 30.3 Å². The minimum atomic E-state index is 0.321. The average Bonchev–Trinajstić information content (AvgIpc) is 2.38. The van der Waals surface area contributed by atoms with Gasteiger partial charge in [-0.3, -0.25) is 0 Å². The van der Waals surface area contributed by atoms with Gasteiger partial charge in [-0.25, -0.2) is 4.98 Å². The number of para-hydroxylation sites is 1. The van der Waals surface area contributed by atoms with Crippen LogP contribution in [0.3, 0.4) is 0 Å². The van der Waals surface area contributed by atoms with Gasteiger partial charge in [0.1, 0.15) is 17.5 Å². The number of nitrogens with zero attached hydrogens (tertiary/aromatic N) is 2. The van der Waals surface area contributed by atoms with Crippen molar-refractivity contribution in [1.82, 2.24) is 9.97 Å². The molecule has 0 bridgehead atoms. The quantitative estimate of drug-likeness (QED) is 0.781. The fourth-order valence-electron chi connectivity index (χ4n) is 1.54. The van der Waals surface area contributed by atoms with Gasteiger partial charge in [0.25, 0.3) is 0 Å². The van der Waals surface area contributed by atoms with Gasteiger partial charge in [-0.2, -0.15) is 4.98 Å². The van der Waals surface area contributed by atoms with Gasteiger partial charge in [-0.05, 0) is 25.5 Å². The molecular weight excluding hydrogens is 264 g/mol. The highest BCUT2D eigenvalue weighted by Crippen LogP contribution is 2.24. The van der Waals surface area contributed by atoms with Crippen molar-refractivity contribution in [3.8, 4) is 11.6 Å². The zero-order valence-electron chi connectivity index (χ0n) is 10.9. The molecule has 0 saturated carbocycles. The van der Waals surface area contributed by atoms with Crippen LogP contribution < -0.4 is 4.74 Å². The summed E-state index contributed by atoms with van der Waals surface area (Å²) in [7, 11) is 0. The molecule has 0 atom stereocenters. The number of halogens is 1. The summed E-state index contributed by atoms with van der Waals surface area (Å²) in [5.41, 5.74) is 1.03. The van der Waals surface area contributed by atoms with Crippen molar-refractivity contribution in [2.75, 3.05) is 6.61 Å². The third-order valence-electron chi connectivity index (χ3n) is 2.46. The first kappa shape index (κ1) is 13.8. The highest BCUT2D eigenvalue weighted by atomic mass is 35.5. The summed E-state index contributed by atoms with van der Waals surface area (Å²) in [6.45, 7) is 4.81. The van der Waals surface area contributed by atoms with Crippen molar-refractivity contribution in [2.45, 2.75) is 20.5 Å². The molecule has 0 aliphatic carbocycles. The molecule has 5 heteroatoms. The smallest absolute Gasteiger partial charge is 0.224 e. The SMILES string of the molecule is CCOCc1nc(Cl)cc(Oc2ccccc2C)n1. The van der Waals surface area contributed by atoms with E-state index in [0.29, 0.717) is 30.1 Å². The molecule has 2 rings (SSSR count). The fraction of sp³-hybridized carbons (Fsp3) is 0.286. The largest absolute Gasteiger partial charge is 0.439 e. The van der Waals surface area contributed by atoms with Crippen LogP contribution in [0, 0.1) is 6.92 Å². The van der Waals surface area contributed by atoms with E-state index in [1.165, 1.54) is 0 Å². The van der Waals surface area contributed by atoms with Gasteiger partial charge in [0.15, 0.2) is 5.82 Å². The van der Waals surface area contributed by atoms with Crippen LogP contribution in [0.4, 0.5) is 0 Å². The van der Waals surface area contributed by atoms with E-state index in [0.717, 1.165) is 11.3 Å². The lowest BCUT2D eigenvalue weighted by Gasteiger charge is -2.09. The maximum atomic E-state index is 5.95. The highest BCUT2D eigenvalue weighted by Gasteiger charge is 2.07. The van der Waals surface area contributed by atoms with Gasteiger partial charge in [-0.15, -0.1) is 0 Å². The number of rotatable bonds is 5. The number of hydrogen-bond acceptors (Lipinski definition) is 4. The summed E-state index contributed by atoms with van der Waals surface area (Å²) in [6.07, 6.45) is 0. The highest BCUT2D eigenvalue weighted by molar-refractivity contribution is 6.29. The molecule has 0 saturated heterocycles. The monoisotopic (exact) mass is 278 g/mol. The Morgan fingerprint density at radius 2 is 2.00 bits per heavy atom. The van der Waals surface area contributed by atoms with E-state index in [9.17, 15) is 0 Å². The molecule has 1 heterocycles. The van der Waals surface area contributed by atoms with E-state index in [-0.39, 0.29) is 0 Å². The van der Waals surface area contributed by atoms with Gasteiger partial charge in [0.05, 0.1) is 0 Å². The second kappa shape index (κ2) is 6.50. The van der Waals surface area contributed by atoms with Crippen molar-refractivity contribution in [2.24, 2.45) is 0 Å². The van der Waals surface area contributed by atoms with Crippen LogP contribution in [-0.4, -0.2) is 16.6 Å². The standard InChI is InChI=1S/C14H15ClN2O2/c1-3-18-9-13-16-12(15)8-14(17-13)19-11-7-5-4-6-10(11)2/h4-8H,3,9H2,1-2H3. The number of aryl methyl sites for hydroxylation is 1. The molecule has 2 aromatic rings. The van der Waals surface area contributed by atoms with E-state index < -0.39 is 0 Å². The Bertz CT molecular complexity index is 561. The van der Waals surface area contributed by atoms with Crippen LogP contribution in [0.2, 0.25) is 5.15 Å². The van der Waals surface area contributed by atoms with Crippen LogP contribution in [0.5, 0.6) is 11.6 Å². The number of aromatic nitrogens is 2. The van der Waals surface area contributed by atoms with Gasteiger partial charge < -0.3 is 9.47 Å². The molecule has 0 aliphatic rings. The average molecular weight is 279 g/mol. The van der Waals surface area contributed by atoms with Crippen LogP contribution >= 0.6 is 11.6 Å². The van der Waals surface area contributed by atoms with Crippen molar-refractivity contribution in [3.63, 3.8) is 0 Å². The van der Waals surface area contributed by atoms with E-state index in [1.54, 1.807) is 6.07 Å². The Labute approximate surface area is 117 Å². The lowest BCUT2D eigenvalue weighted by atomic mass is 10.2. The molecule has 4 nitrogen and oxygen atoms in total. The zero-order valence-corrected chi connectivity index (χ0v) is 11.6. The van der Waals surface area contributed by atoms with E-state index in [2.05, 4.69) is 9.97 Å². The number of benzene rings is 1. The van der Waals surface area contributed by atoms with Gasteiger partial charge in [0.2, 0.25) is 5.88 Å². The second-order valence-electron chi connectivity index (χ2n) is 3.95. The molecular formula is C14H15ClN2O2. The fourth-order valence-corrected chi connectivity index (χ4v) is 1.73. The Morgan fingerprint density at radius 1 is 1.21 bits per heavy atom. The summed E-state index contributed by atoms with van der Waals surface area (Å²) >= 11 is 5.95. The van der Waals surface area contributed by atoms with Crippen LogP contribution in [0.1, 0.15) is 18.3 Å². The minimum absolute atomic E-state index is 0.321. The van der Waals surface area contributed by atoms with Gasteiger partial charge in [0, 0.05) is 12.7 Å². The van der Waals surface area contributed by atoms with Crippen molar-refractivity contribution >= 4 is 11.6 Å². The predicted octanol–water partition coefficient (Wildman–Crippen LogP) is 3.77. The normalized spacial score (nSPS) is 10.5. The third kappa shape index (κ3) is 3.91. The third-order valence-corrected chi connectivity index (χ3v) is 2.65. The first-order valence-electron chi connectivity index (χ1n) is 6.03. The van der Waals surface area contributed by atoms with E-state index in [4.69, 9.17) is 21.1 Å². The van der Waals surface area contributed by atoms with Crippen molar-refractivity contribution in [1.29, 1.82) is 0 Å². The summed E-state index contributed by atoms with van der Waals surface area (Å²) in [4.78, 5) is 8.35. The van der Waals surface area contributed by atoms with E-state index >= 15 is 0 Å². The van der Waals surface area contributed by atoms with Crippen LogP contribution in [0.25, 0.3) is 0 Å². The molecule has 0 amide bonds. The summed E-state index contributed by atoms with van der Waals surface area (Å²) < 4.78 is 11.0. The molecule has 1 aromatic carbocycles. The van der Waals surface area contributed by atoms with Gasteiger partial charge in [-0.1, -0.05) is 29.8 Å². The maximum Gasteiger partial charge on any atom is 0.224 e. The molecule has 0 radical (unpaired) electrons. The zero-order chi connectivity index (χ0) is 13.7.